The van der Waals surface area contributed by atoms with E-state index in [0.29, 0.717) is 12.1 Å². The predicted molar refractivity (Wildman–Crippen MR) is 63.3 cm³/mol. The molecule has 0 amide bonds. The second-order valence-corrected chi connectivity index (χ2v) is 5.43. The lowest BCUT2D eigenvalue weighted by molar-refractivity contribution is -0.0174. The van der Waals surface area contributed by atoms with Crippen molar-refractivity contribution < 1.29 is 4.74 Å². The first-order valence-electron chi connectivity index (χ1n) is 6.64. The maximum atomic E-state index is 6.38. The lowest BCUT2D eigenvalue weighted by atomic mass is 9.79. The minimum atomic E-state index is 0.408. The van der Waals surface area contributed by atoms with E-state index in [1.54, 1.807) is 0 Å². The molecular weight excluding hydrogens is 202 g/mol. The summed E-state index contributed by atoms with van der Waals surface area (Å²) in [7, 11) is 0. The standard InChI is InChI=1S/C12H23N3O/c13-12-10-1-3-15(4-2-10)11(12)9-14-5-7-16-8-6-14/h10-12H,1-9,13H2. The summed E-state index contributed by atoms with van der Waals surface area (Å²) in [5.41, 5.74) is 6.38. The summed E-state index contributed by atoms with van der Waals surface area (Å²) >= 11 is 0. The fourth-order valence-electron chi connectivity index (χ4n) is 3.48. The van der Waals surface area contributed by atoms with E-state index in [2.05, 4.69) is 9.80 Å². The van der Waals surface area contributed by atoms with E-state index in [1.165, 1.54) is 25.9 Å². The second-order valence-electron chi connectivity index (χ2n) is 5.43. The van der Waals surface area contributed by atoms with E-state index >= 15 is 0 Å². The Morgan fingerprint density at radius 3 is 2.38 bits per heavy atom. The van der Waals surface area contributed by atoms with E-state index < -0.39 is 0 Å². The molecule has 4 nitrogen and oxygen atoms in total. The van der Waals surface area contributed by atoms with Crippen LogP contribution in [0.2, 0.25) is 0 Å². The molecule has 2 bridgehead atoms. The number of hydrogen-bond acceptors (Lipinski definition) is 4. The molecule has 16 heavy (non-hydrogen) atoms. The average Bonchev–Trinajstić information content (AvgIpc) is 2.36. The normalized spacial score (nSPS) is 44.8. The molecule has 2 unspecified atom stereocenters. The predicted octanol–water partition coefficient (Wildman–Crippen LogP) is -0.260. The first-order valence-corrected chi connectivity index (χ1v) is 6.64. The molecule has 4 aliphatic heterocycles. The Bertz CT molecular complexity index is 232. The third-order valence-electron chi connectivity index (χ3n) is 4.58. The lowest BCUT2D eigenvalue weighted by Gasteiger charge is -2.51. The Morgan fingerprint density at radius 2 is 1.75 bits per heavy atom. The van der Waals surface area contributed by atoms with Gasteiger partial charge in [-0.2, -0.15) is 0 Å². The molecule has 4 rings (SSSR count). The highest BCUT2D eigenvalue weighted by atomic mass is 16.5. The fraction of sp³-hybridized carbons (Fsp3) is 1.00. The fourth-order valence-corrected chi connectivity index (χ4v) is 3.48. The summed E-state index contributed by atoms with van der Waals surface area (Å²) in [6.45, 7) is 7.65. The summed E-state index contributed by atoms with van der Waals surface area (Å²) in [5.74, 6) is 0.788. The molecule has 2 N–H and O–H groups in total. The highest BCUT2D eigenvalue weighted by Gasteiger charge is 2.40. The number of fused-ring (bicyclic) bond motifs is 3. The quantitative estimate of drug-likeness (QED) is 0.703. The van der Waals surface area contributed by atoms with Crippen molar-refractivity contribution in [3.8, 4) is 0 Å². The monoisotopic (exact) mass is 225 g/mol. The highest BCUT2D eigenvalue weighted by Crippen LogP contribution is 2.31. The van der Waals surface area contributed by atoms with Crippen LogP contribution in [0.15, 0.2) is 0 Å². The van der Waals surface area contributed by atoms with Crippen LogP contribution in [0.1, 0.15) is 12.8 Å². The molecule has 0 saturated carbocycles. The van der Waals surface area contributed by atoms with E-state index in [-0.39, 0.29) is 0 Å². The maximum absolute atomic E-state index is 6.38. The van der Waals surface area contributed by atoms with Gasteiger partial charge in [-0.05, 0) is 31.8 Å². The first-order chi connectivity index (χ1) is 7.84. The van der Waals surface area contributed by atoms with Crippen molar-refractivity contribution in [2.75, 3.05) is 45.9 Å². The number of hydrogen-bond donors (Lipinski definition) is 1. The number of nitrogens with two attached hydrogens (primary N) is 1. The molecule has 0 aromatic carbocycles. The molecule has 0 spiro atoms. The van der Waals surface area contributed by atoms with Gasteiger partial charge in [0.2, 0.25) is 0 Å². The molecule has 0 radical (unpaired) electrons. The number of ether oxygens (including phenoxy) is 1. The molecule has 4 aliphatic rings. The Labute approximate surface area is 97.7 Å². The molecule has 0 aromatic rings. The molecule has 92 valence electrons. The van der Waals surface area contributed by atoms with E-state index in [1.807, 2.05) is 0 Å². The molecule has 0 aromatic heterocycles. The summed E-state index contributed by atoms with van der Waals surface area (Å²) in [4.78, 5) is 5.13. The molecule has 2 atom stereocenters. The number of piperidine rings is 3. The van der Waals surface area contributed by atoms with Crippen LogP contribution in [0, 0.1) is 5.92 Å². The first kappa shape index (κ1) is 11.0. The largest absolute Gasteiger partial charge is 0.379 e. The van der Waals surface area contributed by atoms with Crippen LogP contribution < -0.4 is 5.73 Å². The molecule has 4 fully saturated rings. The Balaban J connectivity index is 1.60. The molecule has 4 heteroatoms. The summed E-state index contributed by atoms with van der Waals surface area (Å²) in [6.07, 6.45) is 2.64. The van der Waals surface area contributed by atoms with Crippen molar-refractivity contribution in [2.45, 2.75) is 24.9 Å². The zero-order chi connectivity index (χ0) is 11.0. The van der Waals surface area contributed by atoms with Gasteiger partial charge >= 0.3 is 0 Å². The van der Waals surface area contributed by atoms with E-state index in [4.69, 9.17) is 10.5 Å². The Morgan fingerprint density at radius 1 is 1.06 bits per heavy atom. The number of morpholine rings is 1. The molecule has 4 saturated heterocycles. The number of nitrogens with zero attached hydrogens (tertiary/aromatic N) is 2. The third kappa shape index (κ3) is 1.99. The van der Waals surface area contributed by atoms with Gasteiger partial charge in [0, 0.05) is 31.7 Å². The van der Waals surface area contributed by atoms with Crippen LogP contribution >= 0.6 is 0 Å². The summed E-state index contributed by atoms with van der Waals surface area (Å²) < 4.78 is 5.39. The van der Waals surface area contributed by atoms with Crippen molar-refractivity contribution in [3.63, 3.8) is 0 Å². The minimum Gasteiger partial charge on any atom is -0.379 e. The average molecular weight is 225 g/mol. The van der Waals surface area contributed by atoms with Crippen LogP contribution in [-0.4, -0.2) is 67.8 Å². The molecular formula is C12H23N3O. The zero-order valence-corrected chi connectivity index (χ0v) is 9.98. The number of rotatable bonds is 2. The van der Waals surface area contributed by atoms with Crippen molar-refractivity contribution >= 4 is 0 Å². The van der Waals surface area contributed by atoms with Gasteiger partial charge < -0.3 is 10.5 Å². The van der Waals surface area contributed by atoms with Gasteiger partial charge in [-0.3, -0.25) is 9.80 Å². The van der Waals surface area contributed by atoms with E-state index in [9.17, 15) is 0 Å². The van der Waals surface area contributed by atoms with Crippen LogP contribution in [0.25, 0.3) is 0 Å². The Hall–Kier alpha value is -0.160. The second kappa shape index (κ2) is 4.61. The SMILES string of the molecule is NC1C2CCN(CC2)C1CN1CCOCC1. The van der Waals surface area contributed by atoms with Gasteiger partial charge in [-0.1, -0.05) is 0 Å². The van der Waals surface area contributed by atoms with Crippen LogP contribution in [0.5, 0.6) is 0 Å². The third-order valence-corrected chi connectivity index (χ3v) is 4.58. The minimum absolute atomic E-state index is 0.408. The van der Waals surface area contributed by atoms with Crippen LogP contribution in [0.3, 0.4) is 0 Å². The van der Waals surface area contributed by atoms with Gasteiger partial charge in [0.05, 0.1) is 13.2 Å². The highest BCUT2D eigenvalue weighted by molar-refractivity contribution is 4.98. The zero-order valence-electron chi connectivity index (χ0n) is 9.98. The van der Waals surface area contributed by atoms with Gasteiger partial charge in [-0.25, -0.2) is 0 Å². The van der Waals surface area contributed by atoms with Crippen molar-refractivity contribution in [3.05, 3.63) is 0 Å². The van der Waals surface area contributed by atoms with Gasteiger partial charge in [0.25, 0.3) is 0 Å². The lowest BCUT2D eigenvalue weighted by Crippen LogP contribution is -2.64. The summed E-state index contributed by atoms with van der Waals surface area (Å²) in [5, 5.41) is 0. The maximum Gasteiger partial charge on any atom is 0.0594 e. The molecule has 0 aliphatic carbocycles. The van der Waals surface area contributed by atoms with Crippen molar-refractivity contribution in [1.29, 1.82) is 0 Å². The molecule has 4 heterocycles. The Kier molecular flexibility index (Phi) is 3.16. The topological polar surface area (TPSA) is 41.7 Å². The summed E-state index contributed by atoms with van der Waals surface area (Å²) in [6, 6.07) is 1.01. The van der Waals surface area contributed by atoms with Crippen molar-refractivity contribution in [2.24, 2.45) is 11.7 Å². The van der Waals surface area contributed by atoms with E-state index in [0.717, 1.165) is 38.8 Å². The van der Waals surface area contributed by atoms with Gasteiger partial charge in [-0.15, -0.1) is 0 Å². The smallest absolute Gasteiger partial charge is 0.0594 e. The van der Waals surface area contributed by atoms with Gasteiger partial charge in [0.1, 0.15) is 0 Å². The van der Waals surface area contributed by atoms with Gasteiger partial charge in [0.15, 0.2) is 0 Å². The van der Waals surface area contributed by atoms with Crippen LogP contribution in [0.4, 0.5) is 0 Å². The van der Waals surface area contributed by atoms with Crippen molar-refractivity contribution in [1.82, 2.24) is 9.80 Å². The van der Waals surface area contributed by atoms with Crippen LogP contribution in [-0.2, 0) is 4.74 Å².